The summed E-state index contributed by atoms with van der Waals surface area (Å²) in [7, 11) is -3.33. The number of carbonyl (C=O) groups is 2. The van der Waals surface area contributed by atoms with Crippen molar-refractivity contribution in [3.63, 3.8) is 0 Å². The lowest BCUT2D eigenvalue weighted by atomic mass is 10.1. The van der Waals surface area contributed by atoms with Gasteiger partial charge >= 0.3 is 0 Å². The molecular formula is C20H23N3O4S. The summed E-state index contributed by atoms with van der Waals surface area (Å²) in [6, 6.07) is 10.5. The van der Waals surface area contributed by atoms with Crippen molar-refractivity contribution in [1.82, 2.24) is 5.32 Å². The molecular weight excluding hydrogens is 378 g/mol. The van der Waals surface area contributed by atoms with Gasteiger partial charge in [-0.3, -0.25) is 13.9 Å². The average molecular weight is 401 g/mol. The minimum Gasteiger partial charge on any atom is -0.343 e. The summed E-state index contributed by atoms with van der Waals surface area (Å²) in [6.45, 7) is 4.11. The fourth-order valence-corrected chi connectivity index (χ4v) is 4.16. The van der Waals surface area contributed by atoms with Gasteiger partial charge in [0.1, 0.15) is 0 Å². The van der Waals surface area contributed by atoms with Crippen LogP contribution in [-0.2, 0) is 21.2 Å². The van der Waals surface area contributed by atoms with Crippen LogP contribution in [0.5, 0.6) is 0 Å². The van der Waals surface area contributed by atoms with E-state index in [0.29, 0.717) is 24.2 Å². The lowest BCUT2D eigenvalue weighted by Crippen LogP contribution is -2.33. The van der Waals surface area contributed by atoms with Crippen LogP contribution < -0.4 is 14.9 Å². The van der Waals surface area contributed by atoms with Crippen LogP contribution >= 0.6 is 0 Å². The zero-order valence-corrected chi connectivity index (χ0v) is 16.9. The Morgan fingerprint density at radius 3 is 2.61 bits per heavy atom. The number of rotatable bonds is 5. The van der Waals surface area contributed by atoms with Crippen molar-refractivity contribution < 1.29 is 18.0 Å². The molecule has 2 aromatic carbocycles. The minimum absolute atomic E-state index is 0.154. The number of carbonyl (C=O) groups excluding carboxylic acids is 2. The summed E-state index contributed by atoms with van der Waals surface area (Å²) < 4.78 is 24.9. The molecule has 0 spiro atoms. The number of nitrogens with one attached hydrogen (secondary N) is 2. The highest BCUT2D eigenvalue weighted by Crippen LogP contribution is 2.30. The zero-order valence-electron chi connectivity index (χ0n) is 16.1. The number of aryl methyl sites for hydroxylation is 1. The third kappa shape index (κ3) is 4.17. The summed E-state index contributed by atoms with van der Waals surface area (Å²) in [4.78, 5) is 24.5. The SMILES string of the molecule is Cc1cccc(NC(=O)CNC(=O)c2ccc3c(c2)CCN3S(C)(=O)=O)c1C. The van der Waals surface area contributed by atoms with E-state index in [4.69, 9.17) is 0 Å². The van der Waals surface area contributed by atoms with Crippen molar-refractivity contribution in [2.45, 2.75) is 20.3 Å². The molecule has 0 bridgehead atoms. The summed E-state index contributed by atoms with van der Waals surface area (Å²) in [5, 5.41) is 5.40. The molecule has 8 heteroatoms. The fraction of sp³-hybridized carbons (Fsp3) is 0.300. The Morgan fingerprint density at radius 2 is 1.89 bits per heavy atom. The van der Waals surface area contributed by atoms with E-state index in [1.54, 1.807) is 18.2 Å². The maximum atomic E-state index is 12.4. The van der Waals surface area contributed by atoms with Crippen LogP contribution in [0.2, 0.25) is 0 Å². The molecule has 1 heterocycles. The summed E-state index contributed by atoms with van der Waals surface area (Å²) in [5.41, 5.74) is 4.58. The van der Waals surface area contributed by atoms with Gasteiger partial charge in [-0.25, -0.2) is 8.42 Å². The Morgan fingerprint density at radius 1 is 1.14 bits per heavy atom. The molecule has 7 nitrogen and oxygen atoms in total. The van der Waals surface area contributed by atoms with E-state index in [1.165, 1.54) is 4.31 Å². The second-order valence-electron chi connectivity index (χ2n) is 6.91. The van der Waals surface area contributed by atoms with Gasteiger partial charge in [-0.1, -0.05) is 12.1 Å². The van der Waals surface area contributed by atoms with E-state index >= 15 is 0 Å². The van der Waals surface area contributed by atoms with E-state index < -0.39 is 10.0 Å². The van der Waals surface area contributed by atoms with Crippen LogP contribution in [0.3, 0.4) is 0 Å². The number of nitrogens with zero attached hydrogens (tertiary/aromatic N) is 1. The highest BCUT2D eigenvalue weighted by Gasteiger charge is 2.26. The number of sulfonamides is 1. The molecule has 28 heavy (non-hydrogen) atoms. The molecule has 148 valence electrons. The summed E-state index contributed by atoms with van der Waals surface area (Å²) in [6.07, 6.45) is 1.72. The number of benzene rings is 2. The molecule has 2 N–H and O–H groups in total. The van der Waals surface area contributed by atoms with Crippen LogP contribution in [0.1, 0.15) is 27.0 Å². The first-order valence-electron chi connectivity index (χ1n) is 8.91. The van der Waals surface area contributed by atoms with Crippen LogP contribution in [0, 0.1) is 13.8 Å². The average Bonchev–Trinajstić information content (AvgIpc) is 3.07. The zero-order chi connectivity index (χ0) is 20.5. The van der Waals surface area contributed by atoms with Crippen molar-refractivity contribution >= 4 is 33.2 Å². The first-order valence-corrected chi connectivity index (χ1v) is 10.8. The Bertz CT molecular complexity index is 1050. The Labute approximate surface area is 164 Å². The predicted octanol–water partition coefficient (Wildman–Crippen LogP) is 1.99. The van der Waals surface area contributed by atoms with Crippen molar-refractivity contribution in [1.29, 1.82) is 0 Å². The molecule has 1 aliphatic rings. The summed E-state index contributed by atoms with van der Waals surface area (Å²) >= 11 is 0. The molecule has 0 saturated carbocycles. The van der Waals surface area contributed by atoms with Crippen LogP contribution in [0.25, 0.3) is 0 Å². The van der Waals surface area contributed by atoms with Crippen LogP contribution in [-0.4, -0.2) is 39.6 Å². The maximum Gasteiger partial charge on any atom is 0.251 e. The largest absolute Gasteiger partial charge is 0.343 e. The normalized spacial score (nSPS) is 13.2. The van der Waals surface area contributed by atoms with E-state index in [-0.39, 0.29) is 18.4 Å². The Balaban J connectivity index is 1.63. The van der Waals surface area contributed by atoms with Crippen molar-refractivity contribution in [3.05, 3.63) is 58.7 Å². The third-order valence-electron chi connectivity index (χ3n) is 4.88. The van der Waals surface area contributed by atoms with Gasteiger partial charge in [-0.15, -0.1) is 0 Å². The highest BCUT2D eigenvalue weighted by atomic mass is 32.2. The number of hydrogen-bond acceptors (Lipinski definition) is 4. The quantitative estimate of drug-likeness (QED) is 0.801. The molecule has 1 aliphatic heterocycles. The molecule has 3 rings (SSSR count). The van der Waals surface area contributed by atoms with Gasteiger partial charge in [0.05, 0.1) is 18.5 Å². The molecule has 2 amide bonds. The summed E-state index contributed by atoms with van der Waals surface area (Å²) in [5.74, 6) is -0.691. The van der Waals surface area contributed by atoms with Gasteiger partial charge in [0.2, 0.25) is 15.9 Å². The number of hydrogen-bond donors (Lipinski definition) is 2. The van der Waals surface area contributed by atoms with E-state index in [2.05, 4.69) is 10.6 Å². The highest BCUT2D eigenvalue weighted by molar-refractivity contribution is 7.92. The lowest BCUT2D eigenvalue weighted by molar-refractivity contribution is -0.115. The monoisotopic (exact) mass is 401 g/mol. The Kier molecular flexibility index (Phi) is 5.42. The molecule has 0 unspecified atom stereocenters. The maximum absolute atomic E-state index is 12.4. The molecule has 0 aliphatic carbocycles. The lowest BCUT2D eigenvalue weighted by Gasteiger charge is -2.16. The second kappa shape index (κ2) is 7.63. The first kappa shape index (κ1) is 19.9. The van der Waals surface area contributed by atoms with Gasteiger partial charge in [-0.05, 0) is 61.2 Å². The van der Waals surface area contributed by atoms with Gasteiger partial charge in [0.15, 0.2) is 0 Å². The van der Waals surface area contributed by atoms with E-state index in [9.17, 15) is 18.0 Å². The first-order chi connectivity index (χ1) is 13.2. The predicted molar refractivity (Wildman–Crippen MR) is 109 cm³/mol. The third-order valence-corrected chi connectivity index (χ3v) is 6.06. The molecule has 0 atom stereocenters. The Hall–Kier alpha value is -2.87. The van der Waals surface area contributed by atoms with Gasteiger partial charge in [0.25, 0.3) is 5.91 Å². The van der Waals surface area contributed by atoms with Crippen LogP contribution in [0.15, 0.2) is 36.4 Å². The molecule has 0 aromatic heterocycles. The standard InChI is InChI=1S/C20H23N3O4S/c1-13-5-4-6-17(14(13)2)22-19(24)12-21-20(25)16-7-8-18-15(11-16)9-10-23(18)28(3,26)27/h4-8,11H,9-10,12H2,1-3H3,(H,21,25)(H,22,24). The van der Waals surface area contributed by atoms with Crippen molar-refractivity contribution in [3.8, 4) is 0 Å². The van der Waals surface area contributed by atoms with E-state index in [0.717, 1.165) is 28.6 Å². The molecule has 0 saturated heterocycles. The molecule has 0 radical (unpaired) electrons. The van der Waals surface area contributed by atoms with Crippen LogP contribution in [0.4, 0.5) is 11.4 Å². The number of amides is 2. The van der Waals surface area contributed by atoms with Gasteiger partial charge in [-0.2, -0.15) is 0 Å². The van der Waals surface area contributed by atoms with Gasteiger partial charge < -0.3 is 10.6 Å². The van der Waals surface area contributed by atoms with Crippen molar-refractivity contribution in [2.75, 3.05) is 29.0 Å². The smallest absolute Gasteiger partial charge is 0.251 e. The minimum atomic E-state index is -3.33. The second-order valence-corrected chi connectivity index (χ2v) is 8.81. The fourth-order valence-electron chi connectivity index (χ4n) is 3.20. The topological polar surface area (TPSA) is 95.6 Å². The molecule has 2 aromatic rings. The van der Waals surface area contributed by atoms with Crippen molar-refractivity contribution in [2.24, 2.45) is 0 Å². The molecule has 0 fully saturated rings. The number of fused-ring (bicyclic) bond motifs is 1. The number of anilines is 2. The van der Waals surface area contributed by atoms with Gasteiger partial charge in [0, 0.05) is 17.8 Å². The van der Waals surface area contributed by atoms with E-state index in [1.807, 2.05) is 32.0 Å².